The fraction of sp³-hybridized carbons (Fsp3) is 0.500. The predicted molar refractivity (Wildman–Crippen MR) is 95.1 cm³/mol. The van der Waals surface area contributed by atoms with Gasteiger partial charge in [0.2, 0.25) is 11.9 Å². The van der Waals surface area contributed by atoms with Gasteiger partial charge in [0.05, 0.1) is 0 Å². The first-order valence-electron chi connectivity index (χ1n) is 8.59. The molecule has 126 valence electrons. The minimum atomic E-state index is 0.145. The third-order valence-electron chi connectivity index (χ3n) is 5.03. The summed E-state index contributed by atoms with van der Waals surface area (Å²) in [4.78, 5) is 27.4. The van der Waals surface area contributed by atoms with E-state index in [0.717, 1.165) is 57.1 Å². The fourth-order valence-electron chi connectivity index (χ4n) is 3.61. The quantitative estimate of drug-likeness (QED) is 0.842. The van der Waals surface area contributed by atoms with E-state index in [1.807, 2.05) is 24.3 Å². The summed E-state index contributed by atoms with van der Waals surface area (Å²) >= 11 is 1.82. The van der Waals surface area contributed by atoms with E-state index in [1.165, 1.54) is 10.4 Å². The third-order valence-corrected chi connectivity index (χ3v) is 6.05. The molecule has 0 unspecified atom stereocenters. The molecule has 0 aliphatic carbocycles. The molecule has 2 aliphatic rings. The minimum Gasteiger partial charge on any atom is -0.341 e. The maximum absolute atomic E-state index is 12.9. The van der Waals surface area contributed by atoms with Gasteiger partial charge in [-0.15, -0.1) is 11.3 Å². The van der Waals surface area contributed by atoms with Gasteiger partial charge in [-0.05, 0) is 49.3 Å². The number of hydrogen-bond acceptors (Lipinski definition) is 5. The van der Waals surface area contributed by atoms with E-state index in [2.05, 4.69) is 31.2 Å². The van der Waals surface area contributed by atoms with E-state index >= 15 is 0 Å². The molecule has 0 saturated carbocycles. The molecule has 0 radical (unpaired) electrons. The van der Waals surface area contributed by atoms with Crippen LogP contribution in [-0.2, 0) is 17.8 Å². The maximum atomic E-state index is 12.9. The Morgan fingerprint density at radius 3 is 2.88 bits per heavy atom. The molecule has 2 aliphatic heterocycles. The number of rotatable bonds is 2. The van der Waals surface area contributed by atoms with Crippen molar-refractivity contribution in [2.24, 2.45) is 5.92 Å². The zero-order valence-electron chi connectivity index (χ0n) is 13.9. The Hall–Kier alpha value is -1.95. The van der Waals surface area contributed by atoms with Crippen LogP contribution in [0.4, 0.5) is 5.95 Å². The number of anilines is 1. The Balaban J connectivity index is 1.37. The van der Waals surface area contributed by atoms with Crippen LogP contribution in [0.3, 0.4) is 0 Å². The Morgan fingerprint density at radius 2 is 2.08 bits per heavy atom. The van der Waals surface area contributed by atoms with Crippen LogP contribution in [-0.4, -0.2) is 40.4 Å². The summed E-state index contributed by atoms with van der Waals surface area (Å²) < 4.78 is 0. The van der Waals surface area contributed by atoms with E-state index in [9.17, 15) is 4.79 Å². The summed E-state index contributed by atoms with van der Waals surface area (Å²) in [6.07, 6.45) is 4.60. The molecular weight excluding hydrogens is 320 g/mol. The molecule has 1 fully saturated rings. The normalized spacial score (nSPS) is 18.5. The van der Waals surface area contributed by atoms with Gasteiger partial charge in [0, 0.05) is 48.9 Å². The number of carbonyl (C=O) groups excluding carboxylic acids is 1. The lowest BCUT2D eigenvalue weighted by Gasteiger charge is -2.35. The fourth-order valence-corrected chi connectivity index (χ4v) is 4.50. The molecule has 2 aromatic heterocycles. The van der Waals surface area contributed by atoms with Crippen molar-refractivity contribution in [3.05, 3.63) is 39.8 Å². The van der Waals surface area contributed by atoms with Crippen LogP contribution in [0.1, 0.15) is 29.0 Å². The number of thiophene rings is 1. The first-order valence-corrected chi connectivity index (χ1v) is 9.47. The van der Waals surface area contributed by atoms with Gasteiger partial charge in [0.15, 0.2) is 0 Å². The lowest BCUT2D eigenvalue weighted by Crippen LogP contribution is -2.44. The standard InChI is InChI=1S/C18H22N4OS/c1-13-2-7-19-18(20-13)21-8-3-14(4-9-21)17(23)22-10-5-16-15(12-22)6-11-24-16/h2,6-7,11,14H,3-5,8-10,12H2,1H3. The topological polar surface area (TPSA) is 49.3 Å². The highest BCUT2D eigenvalue weighted by Crippen LogP contribution is 2.28. The molecule has 2 aromatic rings. The molecule has 6 heteroatoms. The Labute approximate surface area is 146 Å². The molecule has 24 heavy (non-hydrogen) atoms. The highest BCUT2D eigenvalue weighted by molar-refractivity contribution is 7.10. The summed E-state index contributed by atoms with van der Waals surface area (Å²) in [5.74, 6) is 1.27. The van der Waals surface area contributed by atoms with Gasteiger partial charge in [-0.25, -0.2) is 9.97 Å². The number of fused-ring (bicyclic) bond motifs is 1. The molecule has 0 spiro atoms. The van der Waals surface area contributed by atoms with Gasteiger partial charge in [0.25, 0.3) is 0 Å². The molecule has 4 heterocycles. The molecule has 0 N–H and O–H groups in total. The van der Waals surface area contributed by atoms with Crippen LogP contribution >= 0.6 is 11.3 Å². The first kappa shape index (κ1) is 15.6. The summed E-state index contributed by atoms with van der Waals surface area (Å²) in [6.45, 7) is 5.36. The van der Waals surface area contributed by atoms with E-state index in [-0.39, 0.29) is 5.92 Å². The van der Waals surface area contributed by atoms with Crippen LogP contribution in [0.15, 0.2) is 23.7 Å². The predicted octanol–water partition coefficient (Wildman–Crippen LogP) is 2.65. The number of nitrogens with zero attached hydrogens (tertiary/aromatic N) is 4. The number of aromatic nitrogens is 2. The van der Waals surface area contributed by atoms with Gasteiger partial charge in [-0.3, -0.25) is 4.79 Å². The molecule has 1 saturated heterocycles. The summed E-state index contributed by atoms with van der Waals surface area (Å²) in [7, 11) is 0. The summed E-state index contributed by atoms with van der Waals surface area (Å²) in [6, 6.07) is 4.08. The number of carbonyl (C=O) groups is 1. The summed E-state index contributed by atoms with van der Waals surface area (Å²) in [5, 5.41) is 2.14. The maximum Gasteiger partial charge on any atom is 0.226 e. The average Bonchev–Trinajstić information content (AvgIpc) is 3.09. The molecule has 5 nitrogen and oxygen atoms in total. The summed E-state index contributed by atoms with van der Waals surface area (Å²) in [5.41, 5.74) is 2.32. The molecular formula is C18H22N4OS. The van der Waals surface area contributed by atoms with Crippen LogP contribution in [0.5, 0.6) is 0 Å². The van der Waals surface area contributed by atoms with Crippen molar-refractivity contribution in [1.29, 1.82) is 0 Å². The van der Waals surface area contributed by atoms with E-state index in [4.69, 9.17) is 0 Å². The van der Waals surface area contributed by atoms with Gasteiger partial charge in [-0.1, -0.05) is 0 Å². The third kappa shape index (κ3) is 3.02. The van der Waals surface area contributed by atoms with Gasteiger partial charge < -0.3 is 9.80 Å². The number of amides is 1. The Morgan fingerprint density at radius 1 is 1.25 bits per heavy atom. The lowest BCUT2D eigenvalue weighted by atomic mass is 9.94. The van der Waals surface area contributed by atoms with Crippen molar-refractivity contribution in [3.63, 3.8) is 0 Å². The van der Waals surface area contributed by atoms with Crippen LogP contribution < -0.4 is 4.90 Å². The SMILES string of the molecule is Cc1ccnc(N2CCC(C(=O)N3CCc4sccc4C3)CC2)n1. The van der Waals surface area contributed by atoms with Crippen molar-refractivity contribution < 1.29 is 4.79 Å². The highest BCUT2D eigenvalue weighted by Gasteiger charge is 2.31. The van der Waals surface area contributed by atoms with E-state index in [0.29, 0.717) is 5.91 Å². The second-order valence-electron chi connectivity index (χ2n) is 6.64. The van der Waals surface area contributed by atoms with Crippen molar-refractivity contribution in [2.45, 2.75) is 32.7 Å². The largest absolute Gasteiger partial charge is 0.341 e. The highest BCUT2D eigenvalue weighted by atomic mass is 32.1. The van der Waals surface area contributed by atoms with Gasteiger partial charge in [0.1, 0.15) is 0 Å². The second kappa shape index (κ2) is 6.51. The van der Waals surface area contributed by atoms with Crippen molar-refractivity contribution >= 4 is 23.2 Å². The zero-order chi connectivity index (χ0) is 16.5. The molecule has 1 amide bonds. The van der Waals surface area contributed by atoms with Crippen molar-refractivity contribution in [2.75, 3.05) is 24.5 Å². The lowest BCUT2D eigenvalue weighted by molar-refractivity contribution is -0.137. The van der Waals surface area contributed by atoms with Gasteiger partial charge >= 0.3 is 0 Å². The Kier molecular flexibility index (Phi) is 4.22. The van der Waals surface area contributed by atoms with Crippen molar-refractivity contribution in [1.82, 2.24) is 14.9 Å². The van der Waals surface area contributed by atoms with Gasteiger partial charge in [-0.2, -0.15) is 0 Å². The monoisotopic (exact) mass is 342 g/mol. The second-order valence-corrected chi connectivity index (χ2v) is 7.64. The van der Waals surface area contributed by atoms with E-state index in [1.54, 1.807) is 6.20 Å². The number of hydrogen-bond donors (Lipinski definition) is 0. The molecule has 4 rings (SSSR count). The number of aryl methyl sites for hydroxylation is 1. The van der Waals surface area contributed by atoms with Crippen LogP contribution in [0, 0.1) is 12.8 Å². The Bertz CT molecular complexity index is 736. The van der Waals surface area contributed by atoms with E-state index < -0.39 is 0 Å². The smallest absolute Gasteiger partial charge is 0.226 e. The molecule has 0 atom stereocenters. The zero-order valence-corrected chi connectivity index (χ0v) is 14.8. The van der Waals surface area contributed by atoms with Crippen molar-refractivity contribution in [3.8, 4) is 0 Å². The molecule has 0 aromatic carbocycles. The minimum absolute atomic E-state index is 0.145. The molecule has 0 bridgehead atoms. The average molecular weight is 342 g/mol. The van der Waals surface area contributed by atoms with Crippen LogP contribution in [0.2, 0.25) is 0 Å². The number of piperidine rings is 1. The van der Waals surface area contributed by atoms with Crippen LogP contribution in [0.25, 0.3) is 0 Å². The first-order chi connectivity index (χ1) is 11.7.